The van der Waals surface area contributed by atoms with Gasteiger partial charge in [0.2, 0.25) is 0 Å². The molecule has 3 rings (SSSR count). The van der Waals surface area contributed by atoms with E-state index in [1.54, 1.807) is 0 Å². The SMILES string of the molecule is OCC1(NC2CC2)CCC(SC2CCCC2)C1. The topological polar surface area (TPSA) is 32.3 Å². The summed E-state index contributed by atoms with van der Waals surface area (Å²) in [6.07, 6.45) is 12.1. The van der Waals surface area contributed by atoms with Crippen LogP contribution in [0.4, 0.5) is 0 Å². The summed E-state index contributed by atoms with van der Waals surface area (Å²) in [4.78, 5) is 0. The van der Waals surface area contributed by atoms with E-state index >= 15 is 0 Å². The molecule has 0 aromatic heterocycles. The molecule has 2 nitrogen and oxygen atoms in total. The zero-order valence-electron chi connectivity index (χ0n) is 10.7. The lowest BCUT2D eigenvalue weighted by molar-refractivity contribution is 0.163. The van der Waals surface area contributed by atoms with Crippen molar-refractivity contribution in [2.24, 2.45) is 0 Å². The Morgan fingerprint density at radius 2 is 1.82 bits per heavy atom. The molecule has 3 aliphatic rings. The van der Waals surface area contributed by atoms with Gasteiger partial charge in [0, 0.05) is 22.1 Å². The van der Waals surface area contributed by atoms with Gasteiger partial charge in [-0.15, -0.1) is 0 Å². The van der Waals surface area contributed by atoms with E-state index in [9.17, 15) is 5.11 Å². The van der Waals surface area contributed by atoms with E-state index in [-0.39, 0.29) is 5.54 Å². The molecule has 0 heterocycles. The van der Waals surface area contributed by atoms with Crippen LogP contribution in [0.3, 0.4) is 0 Å². The molecule has 3 aliphatic carbocycles. The van der Waals surface area contributed by atoms with Gasteiger partial charge in [0.1, 0.15) is 0 Å². The van der Waals surface area contributed by atoms with Crippen molar-refractivity contribution in [2.75, 3.05) is 6.61 Å². The standard InChI is InChI=1S/C14H25NOS/c16-10-14(15-11-5-6-11)8-7-13(9-14)17-12-3-1-2-4-12/h11-13,15-16H,1-10H2. The summed E-state index contributed by atoms with van der Waals surface area (Å²) in [5, 5.41) is 15.1. The number of nitrogens with one attached hydrogen (secondary N) is 1. The predicted molar refractivity (Wildman–Crippen MR) is 73.5 cm³/mol. The van der Waals surface area contributed by atoms with Crippen LogP contribution < -0.4 is 5.32 Å². The first-order chi connectivity index (χ1) is 8.30. The monoisotopic (exact) mass is 255 g/mol. The van der Waals surface area contributed by atoms with Crippen LogP contribution in [0.25, 0.3) is 0 Å². The molecule has 0 amide bonds. The average Bonchev–Trinajstić information content (AvgIpc) is 2.84. The second kappa shape index (κ2) is 5.10. The third-order valence-electron chi connectivity index (χ3n) is 4.64. The van der Waals surface area contributed by atoms with Gasteiger partial charge in [-0.05, 0) is 44.9 Å². The summed E-state index contributed by atoms with van der Waals surface area (Å²) in [5.74, 6) is 0. The molecule has 2 atom stereocenters. The lowest BCUT2D eigenvalue weighted by Crippen LogP contribution is -2.47. The molecule has 0 bridgehead atoms. The normalized spacial score (nSPS) is 39.0. The molecule has 3 fully saturated rings. The fourth-order valence-corrected chi connectivity index (χ4v) is 5.29. The quantitative estimate of drug-likeness (QED) is 0.792. The van der Waals surface area contributed by atoms with E-state index in [2.05, 4.69) is 17.1 Å². The summed E-state index contributed by atoms with van der Waals surface area (Å²) in [7, 11) is 0. The second-order valence-electron chi connectivity index (χ2n) is 6.26. The van der Waals surface area contributed by atoms with Gasteiger partial charge in [0.15, 0.2) is 0 Å². The van der Waals surface area contributed by atoms with E-state index in [1.165, 1.54) is 57.8 Å². The van der Waals surface area contributed by atoms with Gasteiger partial charge in [-0.2, -0.15) is 11.8 Å². The molecule has 0 radical (unpaired) electrons. The molecule has 3 heteroatoms. The summed E-state index contributed by atoms with van der Waals surface area (Å²) in [5.41, 5.74) is 0.0808. The Morgan fingerprint density at radius 1 is 1.06 bits per heavy atom. The molecule has 0 spiro atoms. The van der Waals surface area contributed by atoms with Crippen molar-refractivity contribution in [1.29, 1.82) is 0 Å². The molecule has 0 aromatic carbocycles. The predicted octanol–water partition coefficient (Wildman–Crippen LogP) is 2.70. The van der Waals surface area contributed by atoms with Gasteiger partial charge in [0.05, 0.1) is 6.61 Å². The fourth-order valence-electron chi connectivity index (χ4n) is 3.47. The summed E-state index contributed by atoms with van der Waals surface area (Å²) in [6.45, 7) is 0.339. The number of aliphatic hydroxyl groups is 1. The van der Waals surface area contributed by atoms with Gasteiger partial charge in [-0.25, -0.2) is 0 Å². The highest BCUT2D eigenvalue weighted by atomic mass is 32.2. The molecular formula is C14H25NOS. The van der Waals surface area contributed by atoms with Crippen LogP contribution in [-0.2, 0) is 0 Å². The van der Waals surface area contributed by atoms with Gasteiger partial charge in [-0.1, -0.05) is 12.8 Å². The smallest absolute Gasteiger partial charge is 0.0613 e. The Bertz CT molecular complexity index is 263. The van der Waals surface area contributed by atoms with Gasteiger partial charge >= 0.3 is 0 Å². The third kappa shape index (κ3) is 2.99. The first-order valence-corrected chi connectivity index (χ1v) is 8.28. The maximum Gasteiger partial charge on any atom is 0.0613 e. The minimum atomic E-state index is 0.0808. The van der Waals surface area contributed by atoms with Crippen LogP contribution in [0.1, 0.15) is 57.8 Å². The molecule has 2 unspecified atom stereocenters. The van der Waals surface area contributed by atoms with Crippen molar-refractivity contribution in [3.8, 4) is 0 Å². The highest BCUT2D eigenvalue weighted by Gasteiger charge is 2.42. The minimum absolute atomic E-state index is 0.0808. The van der Waals surface area contributed by atoms with E-state index in [0.29, 0.717) is 6.61 Å². The van der Waals surface area contributed by atoms with Crippen LogP contribution >= 0.6 is 11.8 Å². The third-order valence-corrected chi connectivity index (χ3v) is 6.28. The zero-order valence-corrected chi connectivity index (χ0v) is 11.5. The minimum Gasteiger partial charge on any atom is -0.394 e. The zero-order chi connectivity index (χ0) is 11.7. The Hall–Kier alpha value is 0.270. The summed E-state index contributed by atoms with van der Waals surface area (Å²) >= 11 is 2.23. The summed E-state index contributed by atoms with van der Waals surface area (Å²) < 4.78 is 0. The highest BCUT2D eigenvalue weighted by molar-refractivity contribution is 8.00. The average molecular weight is 255 g/mol. The Balaban J connectivity index is 1.51. The van der Waals surface area contributed by atoms with Crippen LogP contribution in [0.2, 0.25) is 0 Å². The maximum absolute atomic E-state index is 9.70. The Kier molecular flexibility index (Phi) is 3.69. The number of thioether (sulfide) groups is 1. The van der Waals surface area contributed by atoms with Crippen LogP contribution in [0.5, 0.6) is 0 Å². The van der Waals surface area contributed by atoms with Crippen molar-refractivity contribution in [2.45, 2.75) is 79.9 Å². The van der Waals surface area contributed by atoms with Crippen molar-refractivity contribution in [3.63, 3.8) is 0 Å². The highest BCUT2D eigenvalue weighted by Crippen LogP contribution is 2.43. The Labute approximate surface area is 109 Å². The number of rotatable bonds is 5. The van der Waals surface area contributed by atoms with Crippen molar-refractivity contribution in [3.05, 3.63) is 0 Å². The molecule has 98 valence electrons. The second-order valence-corrected chi connectivity index (χ2v) is 7.87. The van der Waals surface area contributed by atoms with Crippen molar-refractivity contribution in [1.82, 2.24) is 5.32 Å². The van der Waals surface area contributed by atoms with Crippen molar-refractivity contribution < 1.29 is 5.11 Å². The molecule has 2 N–H and O–H groups in total. The van der Waals surface area contributed by atoms with E-state index in [1.807, 2.05) is 0 Å². The van der Waals surface area contributed by atoms with E-state index in [4.69, 9.17) is 0 Å². The van der Waals surface area contributed by atoms with Gasteiger partial charge in [-0.3, -0.25) is 0 Å². The molecule has 0 aromatic rings. The van der Waals surface area contributed by atoms with Gasteiger partial charge < -0.3 is 10.4 Å². The van der Waals surface area contributed by atoms with Crippen LogP contribution in [0.15, 0.2) is 0 Å². The number of aliphatic hydroxyl groups excluding tert-OH is 1. The lowest BCUT2D eigenvalue weighted by Gasteiger charge is -2.29. The lowest BCUT2D eigenvalue weighted by atomic mass is 9.99. The van der Waals surface area contributed by atoms with Crippen molar-refractivity contribution >= 4 is 11.8 Å². The summed E-state index contributed by atoms with van der Waals surface area (Å²) in [6, 6.07) is 0.720. The molecule has 3 saturated carbocycles. The molecule has 0 aliphatic heterocycles. The van der Waals surface area contributed by atoms with Crippen LogP contribution in [0, 0.1) is 0 Å². The first-order valence-electron chi connectivity index (χ1n) is 7.34. The van der Waals surface area contributed by atoms with E-state index < -0.39 is 0 Å². The molecular weight excluding hydrogens is 230 g/mol. The number of hydrogen-bond acceptors (Lipinski definition) is 3. The Morgan fingerprint density at radius 3 is 2.47 bits per heavy atom. The first kappa shape index (κ1) is 12.3. The molecule has 17 heavy (non-hydrogen) atoms. The fraction of sp³-hybridized carbons (Fsp3) is 1.00. The van der Waals surface area contributed by atoms with Gasteiger partial charge in [0.25, 0.3) is 0 Å². The van der Waals surface area contributed by atoms with E-state index in [0.717, 1.165) is 16.5 Å². The molecule has 0 saturated heterocycles. The largest absolute Gasteiger partial charge is 0.394 e. The number of hydrogen-bond donors (Lipinski definition) is 2. The van der Waals surface area contributed by atoms with Crippen LogP contribution in [-0.4, -0.2) is 33.8 Å². The maximum atomic E-state index is 9.70.